The van der Waals surface area contributed by atoms with Crippen LogP contribution in [0.4, 0.5) is 18.9 Å². The van der Waals surface area contributed by atoms with Gasteiger partial charge in [-0.3, -0.25) is 10.1 Å². The molecule has 4 nitrogen and oxygen atoms in total. The molecule has 0 saturated carbocycles. The number of rotatable bonds is 1. The average molecular weight is 286 g/mol. The van der Waals surface area contributed by atoms with Crippen LogP contribution < -0.4 is 0 Å². The van der Waals surface area contributed by atoms with Crippen LogP contribution in [0, 0.1) is 10.1 Å². The number of halogens is 4. The van der Waals surface area contributed by atoms with Gasteiger partial charge < -0.3 is 5.11 Å². The molecule has 0 saturated heterocycles. The van der Waals surface area contributed by atoms with Crippen molar-refractivity contribution in [2.24, 2.45) is 0 Å². The molecule has 8 heteroatoms. The fraction of sp³-hybridized carbons (Fsp3) is 0.143. The third-order valence-corrected chi connectivity index (χ3v) is 2.20. The number of alkyl halides is 3. The number of aromatic hydroxyl groups is 1. The maximum Gasteiger partial charge on any atom is 0.423 e. The van der Waals surface area contributed by atoms with Gasteiger partial charge in [0.25, 0.3) is 5.69 Å². The van der Waals surface area contributed by atoms with Gasteiger partial charge in [0.05, 0.1) is 15.5 Å². The first kappa shape index (κ1) is 11.8. The molecule has 1 aromatic carbocycles. The molecule has 0 aliphatic heterocycles. The first-order chi connectivity index (χ1) is 6.73. The van der Waals surface area contributed by atoms with Gasteiger partial charge in [0, 0.05) is 0 Å². The lowest BCUT2D eigenvalue weighted by Gasteiger charge is -2.08. The third-order valence-electron chi connectivity index (χ3n) is 1.57. The van der Waals surface area contributed by atoms with E-state index >= 15 is 0 Å². The van der Waals surface area contributed by atoms with Gasteiger partial charge in [-0.25, -0.2) is 0 Å². The van der Waals surface area contributed by atoms with E-state index < -0.39 is 28.1 Å². The van der Waals surface area contributed by atoms with E-state index in [1.165, 1.54) is 0 Å². The van der Waals surface area contributed by atoms with E-state index in [1.807, 2.05) is 0 Å². The molecule has 0 heterocycles. The zero-order chi connectivity index (χ0) is 11.8. The number of nitro benzene ring substituents is 1. The highest BCUT2D eigenvalue weighted by atomic mass is 79.9. The van der Waals surface area contributed by atoms with Crippen LogP contribution in [0.25, 0.3) is 0 Å². The largest absolute Gasteiger partial charge is 0.507 e. The highest BCUT2D eigenvalue weighted by Gasteiger charge is 2.39. The van der Waals surface area contributed by atoms with E-state index in [9.17, 15) is 23.3 Å². The molecule has 0 spiro atoms. The second kappa shape index (κ2) is 3.69. The lowest BCUT2D eigenvalue weighted by atomic mass is 10.1. The van der Waals surface area contributed by atoms with E-state index in [0.29, 0.717) is 12.1 Å². The smallest absolute Gasteiger partial charge is 0.423 e. The van der Waals surface area contributed by atoms with Crippen molar-refractivity contribution in [2.75, 3.05) is 0 Å². The highest BCUT2D eigenvalue weighted by Crippen LogP contribution is 2.40. The molecule has 0 bridgehead atoms. The van der Waals surface area contributed by atoms with Gasteiger partial charge in [-0.1, -0.05) is 0 Å². The molecule has 1 N–H and O–H groups in total. The van der Waals surface area contributed by atoms with Crippen LogP contribution in [-0.2, 0) is 6.18 Å². The van der Waals surface area contributed by atoms with Crippen LogP contribution in [0.1, 0.15) is 5.56 Å². The van der Waals surface area contributed by atoms with Gasteiger partial charge in [-0.2, -0.15) is 13.2 Å². The molecule has 15 heavy (non-hydrogen) atoms. The number of nitrogens with zero attached hydrogens (tertiary/aromatic N) is 1. The van der Waals surface area contributed by atoms with Gasteiger partial charge >= 0.3 is 6.18 Å². The Labute approximate surface area is 89.6 Å². The van der Waals surface area contributed by atoms with E-state index in [-0.39, 0.29) is 4.47 Å². The first-order valence-electron chi connectivity index (χ1n) is 3.47. The molecular formula is C7H3BrF3NO3. The average Bonchev–Trinajstić information content (AvgIpc) is 2.06. The summed E-state index contributed by atoms with van der Waals surface area (Å²) in [5, 5.41) is 19.3. The minimum atomic E-state index is -4.83. The molecule has 0 unspecified atom stereocenters. The molecule has 0 atom stereocenters. The second-order valence-electron chi connectivity index (χ2n) is 2.58. The number of benzene rings is 1. The van der Waals surface area contributed by atoms with Crippen LogP contribution in [0.5, 0.6) is 5.75 Å². The second-order valence-corrected chi connectivity index (χ2v) is 3.43. The molecule has 0 amide bonds. The minimum absolute atomic E-state index is 0.250. The van der Waals surface area contributed by atoms with E-state index in [1.54, 1.807) is 0 Å². The Kier molecular flexibility index (Phi) is 2.89. The molecule has 82 valence electrons. The molecular weight excluding hydrogens is 283 g/mol. The number of nitro groups is 1. The highest BCUT2D eigenvalue weighted by molar-refractivity contribution is 9.10. The fourth-order valence-electron chi connectivity index (χ4n) is 0.929. The van der Waals surface area contributed by atoms with Crippen molar-refractivity contribution < 1.29 is 23.2 Å². The van der Waals surface area contributed by atoms with Crippen molar-refractivity contribution in [2.45, 2.75) is 6.18 Å². The van der Waals surface area contributed by atoms with Gasteiger partial charge in [-0.15, -0.1) is 0 Å². The van der Waals surface area contributed by atoms with Gasteiger partial charge in [-0.05, 0) is 22.0 Å². The summed E-state index contributed by atoms with van der Waals surface area (Å²) in [6, 6.07) is 0.917. The minimum Gasteiger partial charge on any atom is -0.507 e. The standard InChI is InChI=1S/C7H3BrF3NO3/c8-4-1-3(7(9,10)11)5(12(14)15)2-6(4)13/h1-2,13H. The summed E-state index contributed by atoms with van der Waals surface area (Å²) in [6.45, 7) is 0. The summed E-state index contributed by atoms with van der Waals surface area (Å²) in [4.78, 5) is 9.11. The van der Waals surface area contributed by atoms with Crippen LogP contribution in [0.2, 0.25) is 0 Å². The summed E-state index contributed by atoms with van der Waals surface area (Å²) in [5.74, 6) is -0.616. The number of phenolic OH excluding ortho intramolecular Hbond substituents is 1. The summed E-state index contributed by atoms with van der Waals surface area (Å²) in [6.07, 6.45) is -4.83. The number of hydrogen-bond acceptors (Lipinski definition) is 3. The molecule has 0 aliphatic carbocycles. The topological polar surface area (TPSA) is 63.4 Å². The Morgan fingerprint density at radius 1 is 1.40 bits per heavy atom. The zero-order valence-corrected chi connectivity index (χ0v) is 8.46. The Bertz CT molecular complexity index is 419. The third kappa shape index (κ3) is 2.38. The van der Waals surface area contributed by atoms with E-state index in [0.717, 1.165) is 0 Å². The summed E-state index contributed by atoms with van der Waals surface area (Å²) >= 11 is 2.65. The van der Waals surface area contributed by atoms with Crippen LogP contribution >= 0.6 is 15.9 Å². The Hall–Kier alpha value is -1.31. The normalized spacial score (nSPS) is 11.5. The lowest BCUT2D eigenvalue weighted by molar-refractivity contribution is -0.388. The predicted octanol–water partition coefficient (Wildman–Crippen LogP) is 3.08. The molecule has 0 radical (unpaired) electrons. The van der Waals surface area contributed by atoms with Gasteiger partial charge in [0.1, 0.15) is 11.3 Å². The fourth-order valence-corrected chi connectivity index (χ4v) is 1.27. The molecule has 0 aliphatic rings. The number of hydrogen-bond donors (Lipinski definition) is 1. The maximum atomic E-state index is 12.3. The SMILES string of the molecule is O=[N+]([O-])c1cc(O)c(Br)cc1C(F)(F)F. The van der Waals surface area contributed by atoms with Gasteiger partial charge in [0.2, 0.25) is 0 Å². The maximum absolute atomic E-state index is 12.3. The van der Waals surface area contributed by atoms with Crippen molar-refractivity contribution in [3.05, 3.63) is 32.3 Å². The van der Waals surface area contributed by atoms with E-state index in [4.69, 9.17) is 5.11 Å². The van der Waals surface area contributed by atoms with Crippen molar-refractivity contribution in [1.29, 1.82) is 0 Å². The molecule has 0 fully saturated rings. The molecule has 1 rings (SSSR count). The Balaban J connectivity index is 3.49. The van der Waals surface area contributed by atoms with Crippen LogP contribution in [0.3, 0.4) is 0 Å². The summed E-state index contributed by atoms with van der Waals surface area (Å²) in [5.41, 5.74) is -2.58. The van der Waals surface area contributed by atoms with Crippen molar-refractivity contribution in [3.63, 3.8) is 0 Å². The zero-order valence-electron chi connectivity index (χ0n) is 6.88. The Morgan fingerprint density at radius 2 is 1.93 bits per heavy atom. The number of phenols is 1. The van der Waals surface area contributed by atoms with Crippen molar-refractivity contribution in [3.8, 4) is 5.75 Å². The monoisotopic (exact) mass is 285 g/mol. The molecule has 0 aromatic heterocycles. The molecule has 1 aromatic rings. The lowest BCUT2D eigenvalue weighted by Crippen LogP contribution is -2.08. The van der Waals surface area contributed by atoms with Crippen LogP contribution in [0.15, 0.2) is 16.6 Å². The van der Waals surface area contributed by atoms with Gasteiger partial charge in [0.15, 0.2) is 0 Å². The van der Waals surface area contributed by atoms with E-state index in [2.05, 4.69) is 15.9 Å². The van der Waals surface area contributed by atoms with Crippen molar-refractivity contribution >= 4 is 21.6 Å². The quantitative estimate of drug-likeness (QED) is 0.637. The summed E-state index contributed by atoms with van der Waals surface area (Å²) in [7, 11) is 0. The summed E-state index contributed by atoms with van der Waals surface area (Å²) < 4.78 is 36.7. The van der Waals surface area contributed by atoms with Crippen molar-refractivity contribution in [1.82, 2.24) is 0 Å². The predicted molar refractivity (Wildman–Crippen MR) is 47.5 cm³/mol. The first-order valence-corrected chi connectivity index (χ1v) is 4.27. The van der Waals surface area contributed by atoms with Crippen LogP contribution in [-0.4, -0.2) is 10.0 Å². The Morgan fingerprint density at radius 3 is 2.33 bits per heavy atom.